The molecular formula is C29H38ClF8NO4. The molecule has 246 valence electrons. The second-order valence-corrected chi connectivity index (χ2v) is 9.98. The normalized spacial score (nSPS) is 16.2. The molecule has 3 rings (SSSR count). The fourth-order valence-corrected chi connectivity index (χ4v) is 5.18. The first kappa shape index (κ1) is 40.5. The van der Waals surface area contributed by atoms with E-state index in [9.17, 15) is 39.9 Å². The number of benzene rings is 2. The van der Waals surface area contributed by atoms with Gasteiger partial charge in [0.1, 0.15) is 6.10 Å². The van der Waals surface area contributed by atoms with Gasteiger partial charge >= 0.3 is 12.4 Å². The molecule has 0 bridgehead atoms. The van der Waals surface area contributed by atoms with E-state index in [1.54, 1.807) is 6.92 Å². The second-order valence-electron chi connectivity index (χ2n) is 9.98. The average Bonchev–Trinajstić information content (AvgIpc) is 2.88. The van der Waals surface area contributed by atoms with Crippen LogP contribution in [0.5, 0.6) is 0 Å². The topological polar surface area (TPSA) is 92.5 Å². The maximum absolute atomic E-state index is 14.2. The predicted molar refractivity (Wildman–Crippen MR) is 149 cm³/mol. The molecule has 1 aliphatic rings. The molecule has 14 heteroatoms. The number of alkyl halides is 6. The van der Waals surface area contributed by atoms with E-state index in [0.29, 0.717) is 31.0 Å². The van der Waals surface area contributed by atoms with Gasteiger partial charge in [0.25, 0.3) is 5.91 Å². The molecule has 4 N–H and O–H groups in total. The molecule has 1 amide bonds. The smallest absolute Gasteiger partial charge is 0.412 e. The van der Waals surface area contributed by atoms with Gasteiger partial charge in [-0.15, -0.1) is 12.4 Å². The summed E-state index contributed by atoms with van der Waals surface area (Å²) in [5.74, 6) is -3.29. The zero-order valence-electron chi connectivity index (χ0n) is 23.8. The fourth-order valence-electron chi connectivity index (χ4n) is 5.18. The van der Waals surface area contributed by atoms with Gasteiger partial charge in [-0.25, -0.2) is 8.78 Å². The first-order valence-electron chi connectivity index (χ1n) is 13.5. The quantitative estimate of drug-likeness (QED) is 0.183. The van der Waals surface area contributed by atoms with Crippen LogP contribution in [0.25, 0.3) is 11.1 Å². The Morgan fingerprint density at radius 2 is 1.51 bits per heavy atom. The predicted octanol–water partition coefficient (Wildman–Crippen LogP) is 7.87. The van der Waals surface area contributed by atoms with Crippen molar-refractivity contribution >= 4 is 18.3 Å². The lowest BCUT2D eigenvalue weighted by Gasteiger charge is -2.39. The van der Waals surface area contributed by atoms with Crippen molar-refractivity contribution in [3.63, 3.8) is 0 Å². The van der Waals surface area contributed by atoms with Crippen molar-refractivity contribution in [2.45, 2.75) is 89.7 Å². The largest absolute Gasteiger partial charge is 0.417 e. The number of carbonyl (C=O) groups excluding carboxylic acids is 1. The lowest BCUT2D eigenvalue weighted by molar-refractivity contribution is -0.157. The van der Waals surface area contributed by atoms with Crippen LogP contribution < -0.4 is 0 Å². The minimum atomic E-state index is -5.26. The Morgan fingerprint density at radius 3 is 2.07 bits per heavy atom. The summed E-state index contributed by atoms with van der Waals surface area (Å²) in [6.45, 7) is 3.65. The van der Waals surface area contributed by atoms with Crippen LogP contribution in [0.15, 0.2) is 30.3 Å². The van der Waals surface area contributed by atoms with Gasteiger partial charge in [-0.05, 0) is 53.8 Å². The molecule has 1 fully saturated rings. The Hall–Kier alpha value is -2.48. The number of hydrogen-bond acceptors (Lipinski definition) is 2. The Kier molecular flexibility index (Phi) is 16.1. The van der Waals surface area contributed by atoms with Crippen LogP contribution in [0.1, 0.15) is 87.9 Å². The monoisotopic (exact) mass is 651 g/mol. The SMILES string of the molecule is CCCCCCCCC1OCCN(C(CC)c2cc(C(F)(F)F)cc(C(F)(F)F)c2-c2ccc(F)c(F)c2)C1=O.Cl.O.O. The van der Waals surface area contributed by atoms with Crippen molar-refractivity contribution in [1.29, 1.82) is 0 Å². The second kappa shape index (κ2) is 17.1. The summed E-state index contributed by atoms with van der Waals surface area (Å²) in [7, 11) is 0. The highest BCUT2D eigenvalue weighted by molar-refractivity contribution is 5.85. The number of halogens is 9. The maximum Gasteiger partial charge on any atom is 0.417 e. The molecule has 2 unspecified atom stereocenters. The van der Waals surface area contributed by atoms with Crippen LogP contribution in [0.4, 0.5) is 35.1 Å². The molecule has 0 radical (unpaired) electrons. The van der Waals surface area contributed by atoms with Crippen molar-refractivity contribution in [2.75, 3.05) is 13.2 Å². The average molecular weight is 652 g/mol. The molecule has 1 heterocycles. The van der Waals surface area contributed by atoms with Crippen LogP contribution in [0.2, 0.25) is 0 Å². The molecule has 0 spiro atoms. The van der Waals surface area contributed by atoms with Crippen LogP contribution in [0.3, 0.4) is 0 Å². The van der Waals surface area contributed by atoms with Crippen molar-refractivity contribution in [1.82, 2.24) is 4.90 Å². The van der Waals surface area contributed by atoms with Crippen molar-refractivity contribution < 1.29 is 55.6 Å². The minimum absolute atomic E-state index is 0. The number of carbonyl (C=O) groups is 1. The molecule has 5 nitrogen and oxygen atoms in total. The first-order chi connectivity index (χ1) is 18.8. The van der Waals surface area contributed by atoms with Crippen molar-refractivity contribution in [3.05, 3.63) is 58.7 Å². The fraction of sp³-hybridized carbons (Fsp3) is 0.552. The van der Waals surface area contributed by atoms with Crippen LogP contribution in [0, 0.1) is 11.6 Å². The molecular weight excluding hydrogens is 614 g/mol. The van der Waals surface area contributed by atoms with Crippen LogP contribution in [-0.2, 0) is 21.9 Å². The van der Waals surface area contributed by atoms with Gasteiger partial charge < -0.3 is 20.6 Å². The highest BCUT2D eigenvalue weighted by atomic mass is 35.5. The van der Waals surface area contributed by atoms with Crippen molar-refractivity contribution in [2.24, 2.45) is 0 Å². The van der Waals surface area contributed by atoms with E-state index in [0.717, 1.165) is 38.2 Å². The van der Waals surface area contributed by atoms with E-state index in [4.69, 9.17) is 4.74 Å². The van der Waals surface area contributed by atoms with E-state index >= 15 is 0 Å². The third-order valence-corrected chi connectivity index (χ3v) is 7.16. The third kappa shape index (κ3) is 10.0. The molecule has 1 aliphatic heterocycles. The molecule has 0 saturated carbocycles. The zero-order chi connectivity index (χ0) is 29.7. The van der Waals surface area contributed by atoms with Gasteiger partial charge in [-0.3, -0.25) is 4.79 Å². The van der Waals surface area contributed by atoms with Gasteiger partial charge in [-0.2, -0.15) is 26.3 Å². The van der Waals surface area contributed by atoms with E-state index in [-0.39, 0.29) is 49.0 Å². The summed E-state index contributed by atoms with van der Waals surface area (Å²) in [5, 5.41) is 0. The van der Waals surface area contributed by atoms with Crippen molar-refractivity contribution in [3.8, 4) is 11.1 Å². The van der Waals surface area contributed by atoms with Crippen LogP contribution >= 0.6 is 12.4 Å². The zero-order valence-corrected chi connectivity index (χ0v) is 24.6. The third-order valence-electron chi connectivity index (χ3n) is 7.16. The van der Waals surface area contributed by atoms with Crippen LogP contribution in [-0.4, -0.2) is 41.0 Å². The Morgan fingerprint density at radius 1 is 0.884 bits per heavy atom. The molecule has 2 aromatic rings. The Labute approximate surface area is 251 Å². The highest BCUT2D eigenvalue weighted by Gasteiger charge is 2.42. The molecule has 43 heavy (non-hydrogen) atoms. The van der Waals surface area contributed by atoms with E-state index < -0.39 is 69.9 Å². The molecule has 2 atom stereocenters. The van der Waals surface area contributed by atoms with Gasteiger partial charge in [0.15, 0.2) is 11.6 Å². The summed E-state index contributed by atoms with van der Waals surface area (Å²) >= 11 is 0. The summed E-state index contributed by atoms with van der Waals surface area (Å²) in [5.41, 5.74) is -4.81. The molecule has 0 aliphatic carbocycles. The molecule has 2 aromatic carbocycles. The molecule has 1 saturated heterocycles. The highest BCUT2D eigenvalue weighted by Crippen LogP contribution is 2.46. The van der Waals surface area contributed by atoms with Gasteiger partial charge in [-0.1, -0.05) is 58.4 Å². The van der Waals surface area contributed by atoms with E-state index in [1.165, 1.54) is 4.90 Å². The van der Waals surface area contributed by atoms with Gasteiger partial charge in [0.05, 0.1) is 23.8 Å². The number of unbranched alkanes of at least 4 members (excludes halogenated alkanes) is 5. The molecule has 0 aromatic heterocycles. The lowest BCUT2D eigenvalue weighted by Crippen LogP contribution is -2.49. The standard InChI is InChI=1S/C29H33F8NO2.ClH.2H2O/c1-3-5-6-7-8-9-10-25-27(39)38(13-14-40-25)24(4-2)20-16-19(28(32,33)34)17-21(29(35,36)37)26(20)18-11-12-22(30)23(31)15-18;;;/h11-12,15-17,24-25H,3-10,13-14H2,1-2H3;1H;2*1H2. The van der Waals surface area contributed by atoms with E-state index in [1.807, 2.05) is 0 Å². The van der Waals surface area contributed by atoms with E-state index in [2.05, 4.69) is 6.92 Å². The van der Waals surface area contributed by atoms with Gasteiger partial charge in [0.2, 0.25) is 0 Å². The first-order valence-corrected chi connectivity index (χ1v) is 13.5. The summed E-state index contributed by atoms with van der Waals surface area (Å²) in [6, 6.07) is 1.36. The number of morpholine rings is 1. The Bertz CT molecular complexity index is 1180. The number of rotatable bonds is 11. The number of nitrogens with zero attached hydrogens (tertiary/aromatic N) is 1. The number of hydrogen-bond donors (Lipinski definition) is 0. The van der Waals surface area contributed by atoms with Gasteiger partial charge in [0, 0.05) is 6.54 Å². The maximum atomic E-state index is 14.2. The summed E-state index contributed by atoms with van der Waals surface area (Å²) in [4.78, 5) is 14.7. The lowest BCUT2D eigenvalue weighted by atomic mass is 9.86. The minimum Gasteiger partial charge on any atom is -0.412 e. The number of ether oxygens (including phenoxy) is 1. The number of amides is 1. The summed E-state index contributed by atoms with van der Waals surface area (Å²) < 4.78 is 118. The summed E-state index contributed by atoms with van der Waals surface area (Å²) in [6.07, 6.45) is -5.12. The Balaban J connectivity index is 0.00000588.